The zero-order valence-corrected chi connectivity index (χ0v) is 15.9. The fourth-order valence-corrected chi connectivity index (χ4v) is 3.99. The molecular formula is C17H29O6P. The molecule has 0 aliphatic heterocycles. The minimum atomic E-state index is -3.44. The van der Waals surface area contributed by atoms with Crippen molar-refractivity contribution < 1.29 is 27.9 Å². The Labute approximate surface area is 144 Å². The Kier molecular flexibility index (Phi) is 12.4. The Morgan fingerprint density at radius 3 is 2.12 bits per heavy atom. The second-order valence-electron chi connectivity index (χ2n) is 5.03. The first-order valence-electron chi connectivity index (χ1n) is 8.17. The standard InChI is InChI=1S/C17H29O6P/c1-5-22-24(20,23-6-2)16(15(3)18)13-11-9-7-8-10-12-14-17(19)21-4/h8-11,16H,5-7,12-14H2,1-4H3/b10-8-,11-9-. The maximum absolute atomic E-state index is 12.7. The lowest BCUT2D eigenvalue weighted by atomic mass is 10.2. The molecule has 0 aliphatic rings. The molecule has 0 radical (unpaired) electrons. The van der Waals surface area contributed by atoms with Crippen LogP contribution in [0.1, 0.15) is 46.5 Å². The zero-order chi connectivity index (χ0) is 18.4. The Bertz CT molecular complexity index is 473. The number of esters is 1. The van der Waals surface area contributed by atoms with Crippen molar-refractivity contribution >= 4 is 19.3 Å². The number of allylic oxidation sites excluding steroid dienone is 4. The fourth-order valence-electron chi connectivity index (χ4n) is 2.01. The fraction of sp³-hybridized carbons (Fsp3) is 0.647. The van der Waals surface area contributed by atoms with E-state index in [-0.39, 0.29) is 25.0 Å². The molecule has 0 amide bonds. The Morgan fingerprint density at radius 2 is 1.62 bits per heavy atom. The Balaban J connectivity index is 4.48. The maximum atomic E-state index is 12.7. The third-order valence-electron chi connectivity index (χ3n) is 3.18. The highest BCUT2D eigenvalue weighted by molar-refractivity contribution is 7.55. The van der Waals surface area contributed by atoms with Crippen LogP contribution < -0.4 is 0 Å². The molecular weight excluding hydrogens is 331 g/mol. The molecule has 0 aliphatic carbocycles. The summed E-state index contributed by atoms with van der Waals surface area (Å²) in [5, 5.41) is 0. The first kappa shape index (κ1) is 22.8. The van der Waals surface area contributed by atoms with Crippen molar-refractivity contribution in [3.63, 3.8) is 0 Å². The van der Waals surface area contributed by atoms with E-state index < -0.39 is 13.3 Å². The number of hydrogen-bond acceptors (Lipinski definition) is 6. The van der Waals surface area contributed by atoms with Gasteiger partial charge in [0.05, 0.1) is 20.3 Å². The van der Waals surface area contributed by atoms with Crippen molar-refractivity contribution in [2.45, 2.75) is 52.1 Å². The minimum Gasteiger partial charge on any atom is -0.469 e. The molecule has 0 bridgehead atoms. The van der Waals surface area contributed by atoms with Crippen LogP contribution >= 0.6 is 7.60 Å². The van der Waals surface area contributed by atoms with E-state index in [0.29, 0.717) is 25.7 Å². The molecule has 24 heavy (non-hydrogen) atoms. The molecule has 0 spiro atoms. The van der Waals surface area contributed by atoms with Gasteiger partial charge in [-0.05, 0) is 40.0 Å². The number of ketones is 1. The first-order chi connectivity index (χ1) is 11.4. The van der Waals surface area contributed by atoms with Crippen LogP contribution in [0.4, 0.5) is 0 Å². The average Bonchev–Trinajstić information content (AvgIpc) is 2.52. The van der Waals surface area contributed by atoms with Crippen LogP contribution in [0, 0.1) is 0 Å². The van der Waals surface area contributed by atoms with Gasteiger partial charge in [-0.15, -0.1) is 0 Å². The van der Waals surface area contributed by atoms with Gasteiger partial charge in [-0.25, -0.2) is 0 Å². The molecule has 1 unspecified atom stereocenters. The van der Waals surface area contributed by atoms with Crippen molar-refractivity contribution in [3.05, 3.63) is 24.3 Å². The molecule has 0 heterocycles. The minimum absolute atomic E-state index is 0.210. The number of methoxy groups -OCH3 is 1. The van der Waals surface area contributed by atoms with Gasteiger partial charge >= 0.3 is 13.6 Å². The van der Waals surface area contributed by atoms with Crippen LogP contribution in [0.25, 0.3) is 0 Å². The van der Waals surface area contributed by atoms with Gasteiger partial charge < -0.3 is 13.8 Å². The summed E-state index contributed by atoms with van der Waals surface area (Å²) in [5.74, 6) is -0.444. The SMILES string of the molecule is CCOP(=O)(OCC)C(C/C=C\C/C=C\CCC(=O)OC)C(C)=O. The monoisotopic (exact) mass is 360 g/mol. The van der Waals surface area contributed by atoms with Gasteiger partial charge in [-0.1, -0.05) is 24.3 Å². The smallest absolute Gasteiger partial charge is 0.341 e. The van der Waals surface area contributed by atoms with E-state index in [4.69, 9.17) is 9.05 Å². The van der Waals surface area contributed by atoms with Crippen LogP contribution in [0.2, 0.25) is 0 Å². The van der Waals surface area contributed by atoms with E-state index in [0.717, 1.165) is 0 Å². The zero-order valence-electron chi connectivity index (χ0n) is 15.0. The van der Waals surface area contributed by atoms with E-state index in [1.807, 2.05) is 18.2 Å². The van der Waals surface area contributed by atoms with Crippen LogP contribution in [0.5, 0.6) is 0 Å². The lowest BCUT2D eigenvalue weighted by Gasteiger charge is -2.23. The average molecular weight is 360 g/mol. The molecule has 0 saturated heterocycles. The van der Waals surface area contributed by atoms with Gasteiger partial charge in [0, 0.05) is 6.42 Å². The van der Waals surface area contributed by atoms with E-state index in [1.54, 1.807) is 19.9 Å². The summed E-state index contributed by atoms with van der Waals surface area (Å²) >= 11 is 0. The molecule has 0 aromatic rings. The van der Waals surface area contributed by atoms with Gasteiger partial charge in [0.15, 0.2) is 0 Å². The highest BCUT2D eigenvalue weighted by atomic mass is 31.2. The van der Waals surface area contributed by atoms with Crippen LogP contribution in [-0.2, 0) is 27.9 Å². The summed E-state index contributed by atoms with van der Waals surface area (Å²) in [4.78, 5) is 22.7. The van der Waals surface area contributed by atoms with Gasteiger partial charge in [-0.2, -0.15) is 0 Å². The summed E-state index contributed by atoms with van der Waals surface area (Å²) in [5.41, 5.74) is -0.781. The molecule has 0 N–H and O–H groups in total. The van der Waals surface area contributed by atoms with Gasteiger partial charge in [0.2, 0.25) is 0 Å². The summed E-state index contributed by atoms with van der Waals surface area (Å²) in [6.07, 6.45) is 9.47. The maximum Gasteiger partial charge on any atom is 0.341 e. The highest BCUT2D eigenvalue weighted by Crippen LogP contribution is 2.54. The van der Waals surface area contributed by atoms with Gasteiger partial charge in [0.1, 0.15) is 11.4 Å². The highest BCUT2D eigenvalue weighted by Gasteiger charge is 2.37. The van der Waals surface area contributed by atoms with Gasteiger partial charge in [0.25, 0.3) is 0 Å². The molecule has 0 rings (SSSR count). The van der Waals surface area contributed by atoms with Gasteiger partial charge in [-0.3, -0.25) is 14.2 Å². The third kappa shape index (κ3) is 9.16. The quantitative estimate of drug-likeness (QED) is 0.280. The molecule has 0 aromatic heterocycles. The normalized spacial score (nSPS) is 13.5. The van der Waals surface area contributed by atoms with E-state index in [1.165, 1.54) is 14.0 Å². The number of carbonyl (C=O) groups excluding carboxylic acids is 2. The van der Waals surface area contributed by atoms with Crippen LogP contribution in [0.15, 0.2) is 24.3 Å². The predicted molar refractivity (Wildman–Crippen MR) is 94.1 cm³/mol. The van der Waals surface area contributed by atoms with Crippen LogP contribution in [0.3, 0.4) is 0 Å². The molecule has 7 heteroatoms. The van der Waals surface area contributed by atoms with Crippen molar-refractivity contribution in [2.75, 3.05) is 20.3 Å². The van der Waals surface area contributed by atoms with E-state index >= 15 is 0 Å². The van der Waals surface area contributed by atoms with Crippen molar-refractivity contribution in [1.82, 2.24) is 0 Å². The van der Waals surface area contributed by atoms with Crippen molar-refractivity contribution in [2.24, 2.45) is 0 Å². The third-order valence-corrected chi connectivity index (χ3v) is 5.75. The number of rotatable bonds is 13. The molecule has 1 atom stereocenters. The Hall–Kier alpha value is -1.23. The van der Waals surface area contributed by atoms with E-state index in [9.17, 15) is 14.2 Å². The number of hydrogen-bond donors (Lipinski definition) is 0. The summed E-state index contributed by atoms with van der Waals surface area (Å²) < 4.78 is 27.8. The molecule has 0 saturated carbocycles. The van der Waals surface area contributed by atoms with E-state index in [2.05, 4.69) is 4.74 Å². The number of Topliss-reactive ketones (excluding diaryl/α,β-unsaturated/α-hetero) is 1. The Morgan fingerprint density at radius 1 is 1.04 bits per heavy atom. The van der Waals surface area contributed by atoms with Crippen molar-refractivity contribution in [1.29, 1.82) is 0 Å². The van der Waals surface area contributed by atoms with Crippen molar-refractivity contribution in [3.8, 4) is 0 Å². The lowest BCUT2D eigenvalue weighted by molar-refractivity contribution is -0.140. The summed E-state index contributed by atoms with van der Waals surface area (Å²) in [6.45, 7) is 5.30. The summed E-state index contributed by atoms with van der Waals surface area (Å²) in [7, 11) is -2.07. The molecule has 0 aromatic carbocycles. The number of ether oxygens (including phenoxy) is 1. The largest absolute Gasteiger partial charge is 0.469 e. The second-order valence-corrected chi connectivity index (χ2v) is 7.25. The second kappa shape index (κ2) is 13.1. The molecule has 138 valence electrons. The first-order valence-corrected chi connectivity index (χ1v) is 9.78. The van der Waals surface area contributed by atoms with Crippen LogP contribution in [-0.4, -0.2) is 37.7 Å². The predicted octanol–water partition coefficient (Wildman–Crippen LogP) is 4.06. The topological polar surface area (TPSA) is 78.9 Å². The summed E-state index contributed by atoms with van der Waals surface area (Å²) in [6, 6.07) is 0. The lowest BCUT2D eigenvalue weighted by Crippen LogP contribution is -2.20. The number of carbonyl (C=O) groups is 2. The molecule has 6 nitrogen and oxygen atoms in total. The molecule has 0 fully saturated rings.